The van der Waals surface area contributed by atoms with Gasteiger partial charge in [-0.05, 0) is 44.0 Å². The molecular weight excluding hydrogens is 294 g/mol. The van der Waals surface area contributed by atoms with Crippen LogP contribution >= 0.6 is 0 Å². The van der Waals surface area contributed by atoms with E-state index in [1.165, 1.54) is 11.8 Å². The average Bonchev–Trinajstić information content (AvgIpc) is 2.54. The molecule has 1 atom stereocenters. The molecule has 1 aliphatic rings. The van der Waals surface area contributed by atoms with Gasteiger partial charge < -0.3 is 15.1 Å². The molecule has 1 aromatic rings. The van der Waals surface area contributed by atoms with Gasteiger partial charge in [-0.25, -0.2) is 4.79 Å². The lowest BCUT2D eigenvalue weighted by Crippen LogP contribution is -2.47. The van der Waals surface area contributed by atoms with E-state index in [-0.39, 0.29) is 23.6 Å². The molecule has 1 aromatic carbocycles. The lowest BCUT2D eigenvalue weighted by molar-refractivity contribution is -0.121. The van der Waals surface area contributed by atoms with Gasteiger partial charge >= 0.3 is 6.03 Å². The van der Waals surface area contributed by atoms with Crippen molar-refractivity contribution in [3.63, 3.8) is 0 Å². The van der Waals surface area contributed by atoms with E-state index in [0.717, 1.165) is 12.8 Å². The number of nitrogens with one attached hydrogen (secondary N) is 1. The van der Waals surface area contributed by atoms with E-state index in [1.807, 2.05) is 0 Å². The van der Waals surface area contributed by atoms with Crippen molar-refractivity contribution in [2.45, 2.75) is 19.8 Å². The van der Waals surface area contributed by atoms with E-state index < -0.39 is 0 Å². The molecule has 1 fully saturated rings. The van der Waals surface area contributed by atoms with Crippen LogP contribution in [0.2, 0.25) is 0 Å². The van der Waals surface area contributed by atoms with Crippen LogP contribution < -0.4 is 5.32 Å². The molecule has 6 nitrogen and oxygen atoms in total. The number of hydrogen-bond acceptors (Lipinski definition) is 3. The average molecular weight is 317 g/mol. The summed E-state index contributed by atoms with van der Waals surface area (Å²) < 4.78 is 0. The van der Waals surface area contributed by atoms with E-state index >= 15 is 0 Å². The maximum Gasteiger partial charge on any atom is 0.319 e. The molecule has 124 valence electrons. The quantitative estimate of drug-likeness (QED) is 0.869. The fraction of sp³-hybridized carbons (Fsp3) is 0.471. The molecule has 1 N–H and O–H groups in total. The number of benzene rings is 1. The topological polar surface area (TPSA) is 69.7 Å². The molecule has 0 saturated carbocycles. The monoisotopic (exact) mass is 317 g/mol. The van der Waals surface area contributed by atoms with Crippen molar-refractivity contribution in [1.82, 2.24) is 9.80 Å². The van der Waals surface area contributed by atoms with E-state index in [1.54, 1.807) is 43.3 Å². The number of ketones is 1. The molecule has 3 amide bonds. The highest BCUT2D eigenvalue weighted by Gasteiger charge is 2.29. The van der Waals surface area contributed by atoms with E-state index in [2.05, 4.69) is 5.32 Å². The van der Waals surface area contributed by atoms with Crippen LogP contribution in [0.4, 0.5) is 10.5 Å². The van der Waals surface area contributed by atoms with Crippen LogP contribution in [0.5, 0.6) is 0 Å². The zero-order chi connectivity index (χ0) is 17.0. The summed E-state index contributed by atoms with van der Waals surface area (Å²) in [6.07, 6.45) is 1.59. The van der Waals surface area contributed by atoms with Gasteiger partial charge in [-0.1, -0.05) is 0 Å². The van der Waals surface area contributed by atoms with Gasteiger partial charge in [0.05, 0.1) is 5.92 Å². The Morgan fingerprint density at radius 1 is 1.17 bits per heavy atom. The highest BCUT2D eigenvalue weighted by atomic mass is 16.2. The Balaban J connectivity index is 1.97. The first-order chi connectivity index (χ1) is 10.9. The van der Waals surface area contributed by atoms with Gasteiger partial charge in [0.25, 0.3) is 0 Å². The summed E-state index contributed by atoms with van der Waals surface area (Å²) in [5.41, 5.74) is 1.28. The van der Waals surface area contributed by atoms with Crippen molar-refractivity contribution in [1.29, 1.82) is 0 Å². The molecule has 0 aliphatic carbocycles. The smallest absolute Gasteiger partial charge is 0.319 e. The second-order valence-electron chi connectivity index (χ2n) is 6.08. The third-order valence-corrected chi connectivity index (χ3v) is 4.00. The zero-order valence-corrected chi connectivity index (χ0v) is 13.8. The predicted octanol–water partition coefficient (Wildman–Crippen LogP) is 2.22. The van der Waals surface area contributed by atoms with Crippen molar-refractivity contribution in [2.24, 2.45) is 5.92 Å². The molecule has 0 aromatic heterocycles. The van der Waals surface area contributed by atoms with Crippen LogP contribution in [-0.4, -0.2) is 54.7 Å². The molecule has 0 radical (unpaired) electrons. The van der Waals surface area contributed by atoms with Gasteiger partial charge in [0.15, 0.2) is 5.78 Å². The maximum absolute atomic E-state index is 12.4. The summed E-state index contributed by atoms with van der Waals surface area (Å²) in [6, 6.07) is 6.77. The van der Waals surface area contributed by atoms with E-state index in [9.17, 15) is 14.4 Å². The number of amides is 3. The molecule has 1 heterocycles. The van der Waals surface area contributed by atoms with E-state index in [4.69, 9.17) is 0 Å². The van der Waals surface area contributed by atoms with Gasteiger partial charge in [0, 0.05) is 38.4 Å². The van der Waals surface area contributed by atoms with Crippen LogP contribution in [0.25, 0.3) is 0 Å². The molecule has 1 saturated heterocycles. The second-order valence-corrected chi connectivity index (χ2v) is 6.08. The number of rotatable bonds is 3. The van der Waals surface area contributed by atoms with Gasteiger partial charge in [0.2, 0.25) is 5.91 Å². The minimum absolute atomic E-state index is 0.00648. The van der Waals surface area contributed by atoms with E-state index in [0.29, 0.717) is 24.3 Å². The molecule has 1 aliphatic heterocycles. The Morgan fingerprint density at radius 2 is 1.83 bits per heavy atom. The summed E-state index contributed by atoms with van der Waals surface area (Å²) in [5.74, 6) is -0.301. The molecule has 0 unspecified atom stereocenters. The van der Waals surface area contributed by atoms with Crippen LogP contribution in [-0.2, 0) is 4.79 Å². The van der Waals surface area contributed by atoms with Gasteiger partial charge in [-0.15, -0.1) is 0 Å². The number of anilines is 1. The largest absolute Gasteiger partial charge is 0.331 e. The minimum Gasteiger partial charge on any atom is -0.331 e. The number of carbonyl (C=O) groups is 3. The first-order valence-corrected chi connectivity index (χ1v) is 7.76. The SMILES string of the molecule is CC(=O)c1ccc(NC(=O)[C@H]2CCCN(C(=O)N(C)C)C2)cc1. The Morgan fingerprint density at radius 3 is 2.39 bits per heavy atom. The zero-order valence-electron chi connectivity index (χ0n) is 13.8. The predicted molar refractivity (Wildman–Crippen MR) is 88.5 cm³/mol. The van der Waals surface area contributed by atoms with Crippen molar-refractivity contribution < 1.29 is 14.4 Å². The summed E-state index contributed by atoms with van der Waals surface area (Å²) in [4.78, 5) is 38.9. The van der Waals surface area contributed by atoms with Gasteiger partial charge in [-0.2, -0.15) is 0 Å². The Hall–Kier alpha value is -2.37. The number of hydrogen-bond donors (Lipinski definition) is 1. The Bertz CT molecular complexity index is 596. The van der Waals surface area contributed by atoms with Crippen LogP contribution in [0.15, 0.2) is 24.3 Å². The van der Waals surface area contributed by atoms with Crippen LogP contribution in [0.1, 0.15) is 30.1 Å². The van der Waals surface area contributed by atoms with Crippen LogP contribution in [0, 0.1) is 5.92 Å². The van der Waals surface area contributed by atoms with Crippen molar-refractivity contribution in [3.8, 4) is 0 Å². The number of piperidine rings is 1. The Labute approximate surface area is 136 Å². The van der Waals surface area contributed by atoms with Crippen molar-refractivity contribution in [3.05, 3.63) is 29.8 Å². The fourth-order valence-electron chi connectivity index (χ4n) is 2.68. The minimum atomic E-state index is -0.208. The third-order valence-electron chi connectivity index (χ3n) is 4.00. The van der Waals surface area contributed by atoms with Crippen molar-refractivity contribution in [2.75, 3.05) is 32.5 Å². The van der Waals surface area contributed by atoms with Crippen LogP contribution in [0.3, 0.4) is 0 Å². The first-order valence-electron chi connectivity index (χ1n) is 7.76. The molecule has 6 heteroatoms. The summed E-state index contributed by atoms with van der Waals surface area (Å²) in [5, 5.41) is 2.86. The second kappa shape index (κ2) is 7.26. The standard InChI is InChI=1S/C17H23N3O3/c1-12(21)13-6-8-15(9-7-13)18-16(22)14-5-4-10-20(11-14)17(23)19(2)3/h6-9,14H,4-5,10-11H2,1-3H3,(H,18,22)/t14-/m0/s1. The summed E-state index contributed by atoms with van der Waals surface area (Å²) in [7, 11) is 3.42. The lowest BCUT2D eigenvalue weighted by Gasteiger charge is -2.33. The lowest BCUT2D eigenvalue weighted by atomic mass is 9.97. The third kappa shape index (κ3) is 4.31. The summed E-state index contributed by atoms with van der Waals surface area (Å²) in [6.45, 7) is 2.63. The van der Waals surface area contributed by atoms with Crippen molar-refractivity contribution >= 4 is 23.4 Å². The Kier molecular flexibility index (Phi) is 5.36. The number of Topliss-reactive ketones (excluding diaryl/α,β-unsaturated/α-hetero) is 1. The normalized spacial score (nSPS) is 17.5. The van der Waals surface area contributed by atoms with Gasteiger partial charge in [0.1, 0.15) is 0 Å². The molecule has 0 bridgehead atoms. The van der Waals surface area contributed by atoms with Gasteiger partial charge in [-0.3, -0.25) is 9.59 Å². The maximum atomic E-state index is 12.4. The number of nitrogens with zero attached hydrogens (tertiary/aromatic N) is 2. The summed E-state index contributed by atoms with van der Waals surface area (Å²) >= 11 is 0. The number of carbonyl (C=O) groups excluding carboxylic acids is 3. The molecule has 2 rings (SSSR count). The number of urea groups is 1. The first kappa shape index (κ1) is 17.0. The fourth-order valence-corrected chi connectivity index (χ4v) is 2.68. The molecule has 23 heavy (non-hydrogen) atoms. The molecule has 0 spiro atoms. The highest BCUT2D eigenvalue weighted by Crippen LogP contribution is 2.20. The highest BCUT2D eigenvalue weighted by molar-refractivity contribution is 5.96. The molecular formula is C17H23N3O3. The number of likely N-dealkylation sites (tertiary alicyclic amines) is 1.